The summed E-state index contributed by atoms with van der Waals surface area (Å²) in [5.74, 6) is 0. The number of aliphatic hydroxyl groups is 1. The molecular weight excluding hydrogens is 252 g/mol. The highest BCUT2D eigenvalue weighted by molar-refractivity contribution is 4.87. The Morgan fingerprint density at radius 2 is 1.75 bits per heavy atom. The lowest BCUT2D eigenvalue weighted by Crippen LogP contribution is -2.58. The van der Waals surface area contributed by atoms with Crippen molar-refractivity contribution in [2.75, 3.05) is 73.1 Å². The molecule has 5 nitrogen and oxygen atoms in total. The summed E-state index contributed by atoms with van der Waals surface area (Å²) in [4.78, 5) is 7.25. The molecule has 1 aliphatic heterocycles. The van der Waals surface area contributed by atoms with E-state index in [-0.39, 0.29) is 12.1 Å². The highest BCUT2D eigenvalue weighted by Crippen LogP contribution is 2.09. The molecule has 1 unspecified atom stereocenters. The Morgan fingerprint density at radius 1 is 1.15 bits per heavy atom. The van der Waals surface area contributed by atoms with E-state index < -0.39 is 0 Å². The van der Waals surface area contributed by atoms with Crippen molar-refractivity contribution in [1.82, 2.24) is 20.0 Å². The Labute approximate surface area is 124 Å². The summed E-state index contributed by atoms with van der Waals surface area (Å²) in [6, 6.07) is 0. The van der Waals surface area contributed by atoms with E-state index in [0.29, 0.717) is 0 Å². The Hall–Kier alpha value is -0.200. The first-order valence-electron chi connectivity index (χ1n) is 7.94. The minimum absolute atomic E-state index is 0.165. The van der Waals surface area contributed by atoms with Gasteiger partial charge >= 0.3 is 0 Å². The zero-order valence-corrected chi connectivity index (χ0v) is 13.9. The van der Waals surface area contributed by atoms with Crippen LogP contribution in [0.15, 0.2) is 0 Å². The third-order valence-electron chi connectivity index (χ3n) is 4.05. The van der Waals surface area contributed by atoms with Gasteiger partial charge in [0, 0.05) is 45.8 Å². The van der Waals surface area contributed by atoms with Crippen molar-refractivity contribution in [2.24, 2.45) is 0 Å². The maximum atomic E-state index is 9.63. The van der Waals surface area contributed by atoms with Crippen LogP contribution in [0, 0.1) is 0 Å². The molecule has 0 radical (unpaired) electrons. The molecule has 20 heavy (non-hydrogen) atoms. The van der Waals surface area contributed by atoms with Gasteiger partial charge in [-0.25, -0.2) is 0 Å². The smallest absolute Gasteiger partial charge is 0.0623 e. The maximum absolute atomic E-state index is 9.63. The molecule has 0 amide bonds. The Morgan fingerprint density at radius 3 is 2.25 bits per heavy atom. The molecule has 0 saturated carbocycles. The van der Waals surface area contributed by atoms with Gasteiger partial charge in [0.15, 0.2) is 0 Å². The molecule has 1 saturated heterocycles. The number of likely N-dealkylation sites (N-methyl/N-ethyl adjacent to an activating group) is 1. The van der Waals surface area contributed by atoms with Crippen molar-refractivity contribution < 1.29 is 5.11 Å². The fourth-order valence-electron chi connectivity index (χ4n) is 2.59. The molecule has 120 valence electrons. The molecule has 1 fully saturated rings. The van der Waals surface area contributed by atoms with E-state index in [4.69, 9.17) is 0 Å². The number of aliphatic hydroxyl groups excluding tert-OH is 1. The van der Waals surface area contributed by atoms with Gasteiger partial charge in [0.25, 0.3) is 0 Å². The maximum Gasteiger partial charge on any atom is 0.0623 e. The molecule has 0 aromatic heterocycles. The molecule has 1 heterocycles. The second kappa shape index (κ2) is 8.95. The monoisotopic (exact) mass is 286 g/mol. The molecule has 1 aliphatic rings. The number of nitrogens with one attached hydrogen (secondary N) is 1. The molecule has 5 heteroatoms. The summed E-state index contributed by atoms with van der Waals surface area (Å²) >= 11 is 0. The van der Waals surface area contributed by atoms with Crippen LogP contribution in [-0.2, 0) is 0 Å². The van der Waals surface area contributed by atoms with E-state index >= 15 is 0 Å². The average Bonchev–Trinajstić information content (AvgIpc) is 2.44. The normalized spacial score (nSPS) is 21.3. The van der Waals surface area contributed by atoms with E-state index in [1.54, 1.807) is 0 Å². The minimum Gasteiger partial charge on any atom is -0.394 e. The lowest BCUT2D eigenvalue weighted by Gasteiger charge is -2.40. The van der Waals surface area contributed by atoms with Crippen LogP contribution >= 0.6 is 0 Å². The molecule has 0 bridgehead atoms. The average molecular weight is 286 g/mol. The Kier molecular flexibility index (Phi) is 7.99. The lowest BCUT2D eigenvalue weighted by atomic mass is 10.0. The third-order valence-corrected chi connectivity index (χ3v) is 4.05. The molecule has 0 aromatic rings. The van der Waals surface area contributed by atoms with E-state index in [2.05, 4.69) is 48.0 Å². The van der Waals surface area contributed by atoms with Crippen molar-refractivity contribution in [2.45, 2.75) is 25.8 Å². The molecule has 0 aliphatic carbocycles. The number of nitrogens with zero attached hydrogens (tertiary/aromatic N) is 3. The van der Waals surface area contributed by atoms with Gasteiger partial charge in [-0.2, -0.15) is 0 Å². The number of piperazine rings is 1. The van der Waals surface area contributed by atoms with Crippen molar-refractivity contribution in [1.29, 1.82) is 0 Å². The van der Waals surface area contributed by atoms with Gasteiger partial charge in [0.05, 0.1) is 12.1 Å². The largest absolute Gasteiger partial charge is 0.394 e. The first-order valence-corrected chi connectivity index (χ1v) is 7.94. The molecule has 1 atom stereocenters. The summed E-state index contributed by atoms with van der Waals surface area (Å²) in [5.41, 5.74) is -0.165. The molecule has 0 spiro atoms. The van der Waals surface area contributed by atoms with Crippen molar-refractivity contribution in [3.05, 3.63) is 0 Å². The van der Waals surface area contributed by atoms with Crippen LogP contribution in [0.25, 0.3) is 0 Å². The van der Waals surface area contributed by atoms with Crippen LogP contribution in [0.4, 0.5) is 0 Å². The first-order chi connectivity index (χ1) is 9.49. The SMILES string of the molecule is CCCNC(C)(CO)CN1CCN(CCN(C)C)CC1. The highest BCUT2D eigenvalue weighted by Gasteiger charge is 2.27. The van der Waals surface area contributed by atoms with Crippen LogP contribution in [0.3, 0.4) is 0 Å². The molecule has 1 rings (SSSR count). The van der Waals surface area contributed by atoms with E-state index in [0.717, 1.165) is 58.8 Å². The van der Waals surface area contributed by atoms with E-state index in [9.17, 15) is 5.11 Å². The Balaban J connectivity index is 2.29. The quantitative estimate of drug-likeness (QED) is 0.620. The van der Waals surface area contributed by atoms with Gasteiger partial charge in [0.2, 0.25) is 0 Å². The van der Waals surface area contributed by atoms with E-state index in [1.807, 2.05) is 0 Å². The van der Waals surface area contributed by atoms with Crippen LogP contribution in [0.2, 0.25) is 0 Å². The highest BCUT2D eigenvalue weighted by atomic mass is 16.3. The molecular formula is C15H34N4O. The fraction of sp³-hybridized carbons (Fsp3) is 1.00. The first kappa shape index (κ1) is 17.9. The van der Waals surface area contributed by atoms with Crippen LogP contribution in [0.5, 0.6) is 0 Å². The Bertz CT molecular complexity index is 254. The zero-order chi connectivity index (χ0) is 15.0. The van der Waals surface area contributed by atoms with Gasteiger partial charge in [0.1, 0.15) is 0 Å². The third kappa shape index (κ3) is 6.50. The van der Waals surface area contributed by atoms with Gasteiger partial charge < -0.3 is 15.3 Å². The van der Waals surface area contributed by atoms with Gasteiger partial charge in [-0.1, -0.05) is 6.92 Å². The van der Waals surface area contributed by atoms with Crippen molar-refractivity contribution >= 4 is 0 Å². The lowest BCUT2D eigenvalue weighted by molar-refractivity contribution is 0.0763. The van der Waals surface area contributed by atoms with Crippen LogP contribution in [-0.4, -0.2) is 98.4 Å². The number of hydrogen-bond acceptors (Lipinski definition) is 5. The standard InChI is InChI=1S/C15H34N4O/c1-5-6-16-15(2,14-20)13-19-11-9-18(10-12-19)8-7-17(3)4/h16,20H,5-14H2,1-4H3. The summed E-state index contributed by atoms with van der Waals surface area (Å²) in [7, 11) is 4.25. The zero-order valence-electron chi connectivity index (χ0n) is 13.9. The van der Waals surface area contributed by atoms with Gasteiger partial charge in [-0.15, -0.1) is 0 Å². The van der Waals surface area contributed by atoms with Gasteiger partial charge in [-0.3, -0.25) is 9.80 Å². The number of hydrogen-bond donors (Lipinski definition) is 2. The van der Waals surface area contributed by atoms with Crippen LogP contribution < -0.4 is 5.32 Å². The van der Waals surface area contributed by atoms with Crippen molar-refractivity contribution in [3.63, 3.8) is 0 Å². The molecule has 0 aromatic carbocycles. The summed E-state index contributed by atoms with van der Waals surface area (Å²) in [6.45, 7) is 13.2. The molecule has 2 N–H and O–H groups in total. The topological polar surface area (TPSA) is 42.0 Å². The second-order valence-electron chi connectivity index (χ2n) is 6.57. The summed E-state index contributed by atoms with van der Waals surface area (Å²) in [5, 5.41) is 13.1. The van der Waals surface area contributed by atoms with Gasteiger partial charge in [-0.05, 0) is 34.0 Å². The van der Waals surface area contributed by atoms with Crippen molar-refractivity contribution in [3.8, 4) is 0 Å². The fourth-order valence-corrected chi connectivity index (χ4v) is 2.59. The summed E-state index contributed by atoms with van der Waals surface area (Å²) < 4.78 is 0. The number of rotatable bonds is 9. The summed E-state index contributed by atoms with van der Waals surface area (Å²) in [6.07, 6.45) is 1.11. The predicted molar refractivity (Wildman–Crippen MR) is 85.2 cm³/mol. The van der Waals surface area contributed by atoms with Crippen LogP contribution in [0.1, 0.15) is 20.3 Å². The van der Waals surface area contributed by atoms with E-state index in [1.165, 1.54) is 0 Å². The predicted octanol–water partition coefficient (Wildman–Crippen LogP) is -0.0838. The second-order valence-corrected chi connectivity index (χ2v) is 6.57. The minimum atomic E-state index is -0.165.